The molecule has 12 nitrogen and oxygen atoms in total. The smallest absolute Gasteiger partial charge is 0.343 e. The summed E-state index contributed by atoms with van der Waals surface area (Å²) in [4.78, 5) is 47.2. The first-order chi connectivity index (χ1) is 18.0. The molecular weight excluding hydrogens is 518 g/mol. The molecule has 7 N–H and O–H groups in total. The van der Waals surface area contributed by atoms with Crippen molar-refractivity contribution in [1.29, 1.82) is 0 Å². The second kappa shape index (κ2) is 12.4. The lowest BCUT2D eigenvalue weighted by molar-refractivity contribution is -0.128. The highest BCUT2D eigenvalue weighted by Gasteiger charge is 2.29. The summed E-state index contributed by atoms with van der Waals surface area (Å²) in [6.45, 7) is 1.76. The number of aromatic hydroxyl groups is 1. The number of amides is 3. The molecule has 3 rings (SSSR count). The molecule has 0 spiro atoms. The zero-order chi connectivity index (χ0) is 27.9. The number of carboxylic acid groups (broad SMARTS) is 1. The van der Waals surface area contributed by atoms with Crippen molar-refractivity contribution in [3.05, 3.63) is 65.2 Å². The fourth-order valence-corrected chi connectivity index (χ4v) is 4.95. The molecule has 2 aromatic carbocycles. The molecule has 38 heavy (non-hydrogen) atoms. The van der Waals surface area contributed by atoms with Gasteiger partial charge in [0, 0.05) is 26.0 Å². The van der Waals surface area contributed by atoms with Crippen LogP contribution in [0.25, 0.3) is 4.91 Å². The number of nitrogens with one attached hydrogen (secondary N) is 3. The van der Waals surface area contributed by atoms with Crippen LogP contribution in [0.1, 0.15) is 41.3 Å². The topological polar surface area (TPSA) is 195 Å². The lowest BCUT2D eigenvalue weighted by Gasteiger charge is -2.29. The SMILES string of the molecule is CC(=O)N[C@@H](Cc1ccc(C2=CC(=O)NS2(O)O)cc1)C(=O)NCCCCOc1cccc(O)c1C(=O)O. The van der Waals surface area contributed by atoms with E-state index in [0.29, 0.717) is 24.0 Å². The van der Waals surface area contributed by atoms with Gasteiger partial charge in [0.05, 0.1) is 11.5 Å². The second-order valence-electron chi connectivity index (χ2n) is 8.48. The van der Waals surface area contributed by atoms with E-state index >= 15 is 0 Å². The number of carbonyl (C=O) groups is 4. The van der Waals surface area contributed by atoms with Gasteiger partial charge in [-0.15, -0.1) is 0 Å². The van der Waals surface area contributed by atoms with Gasteiger partial charge < -0.3 is 25.6 Å². The highest BCUT2D eigenvalue weighted by molar-refractivity contribution is 8.31. The number of carboxylic acids is 1. The van der Waals surface area contributed by atoms with Crippen molar-refractivity contribution in [3.63, 3.8) is 0 Å². The lowest BCUT2D eigenvalue weighted by Crippen LogP contribution is -2.47. The Balaban J connectivity index is 1.50. The van der Waals surface area contributed by atoms with Gasteiger partial charge in [-0.25, -0.2) is 9.52 Å². The number of unbranched alkanes of at least 4 members (excludes halogenated alkanes) is 1. The summed E-state index contributed by atoms with van der Waals surface area (Å²) in [5.41, 5.74) is 0.826. The maximum atomic E-state index is 12.7. The minimum Gasteiger partial charge on any atom is -0.507 e. The van der Waals surface area contributed by atoms with Crippen LogP contribution in [-0.4, -0.2) is 62.2 Å². The minimum absolute atomic E-state index is 0.0513. The summed E-state index contributed by atoms with van der Waals surface area (Å²) in [5, 5.41) is 24.3. The van der Waals surface area contributed by atoms with E-state index in [9.17, 15) is 38.5 Å². The molecule has 1 aliphatic rings. The average Bonchev–Trinajstić information content (AvgIpc) is 3.12. The third kappa shape index (κ3) is 7.47. The van der Waals surface area contributed by atoms with Crippen LogP contribution in [0.5, 0.6) is 11.5 Å². The zero-order valence-corrected chi connectivity index (χ0v) is 21.3. The van der Waals surface area contributed by atoms with E-state index in [4.69, 9.17) is 4.74 Å². The summed E-state index contributed by atoms with van der Waals surface area (Å²) < 4.78 is 27.6. The Labute approximate surface area is 220 Å². The molecular formula is C25H29N3O9S. The van der Waals surface area contributed by atoms with Crippen molar-refractivity contribution in [2.45, 2.75) is 32.2 Å². The van der Waals surface area contributed by atoms with Gasteiger partial charge in [-0.05, 0) is 36.1 Å². The van der Waals surface area contributed by atoms with Crippen molar-refractivity contribution in [1.82, 2.24) is 15.4 Å². The van der Waals surface area contributed by atoms with Crippen molar-refractivity contribution in [2.75, 3.05) is 13.2 Å². The molecule has 0 saturated carbocycles. The Bertz CT molecular complexity index is 1250. The van der Waals surface area contributed by atoms with Gasteiger partial charge in [0.2, 0.25) is 11.8 Å². The first-order valence-electron chi connectivity index (χ1n) is 11.6. The standard InChI is InChI=1S/C25H29N3O9S/c1-15(29)27-18(13-16-7-9-17(10-8-16)21-14-22(31)28-38(21,35)36)24(32)26-11-2-3-12-37-20-6-4-5-19(30)23(20)25(33)34/h4-10,14,18,30,35-36H,2-3,11-13H2,1H3,(H,26,32)(H,27,29)(H,28,31)(H,33,34)/t18-/m0/s1. The van der Waals surface area contributed by atoms with Crippen LogP contribution in [0.2, 0.25) is 0 Å². The number of benzene rings is 2. The number of carbonyl (C=O) groups excluding carboxylic acids is 3. The van der Waals surface area contributed by atoms with Crippen LogP contribution in [0.3, 0.4) is 0 Å². The number of hydrogen-bond donors (Lipinski definition) is 7. The maximum absolute atomic E-state index is 12.7. The summed E-state index contributed by atoms with van der Waals surface area (Å²) >= 11 is 0. The van der Waals surface area contributed by atoms with E-state index < -0.39 is 34.6 Å². The molecule has 1 aliphatic heterocycles. The van der Waals surface area contributed by atoms with E-state index in [-0.39, 0.29) is 47.4 Å². The zero-order valence-electron chi connectivity index (χ0n) is 20.5. The maximum Gasteiger partial charge on any atom is 0.343 e. The Hall–Kier alpha value is -4.07. The fraction of sp³-hybridized carbons (Fsp3) is 0.280. The molecule has 0 saturated heterocycles. The van der Waals surface area contributed by atoms with Crippen molar-refractivity contribution < 1.29 is 43.2 Å². The number of hydrogen-bond acceptors (Lipinski definition) is 8. The Morgan fingerprint density at radius 1 is 1.08 bits per heavy atom. The number of rotatable bonds is 12. The summed E-state index contributed by atoms with van der Waals surface area (Å²) in [5.74, 6) is -3.01. The molecule has 0 unspecified atom stereocenters. The highest BCUT2D eigenvalue weighted by atomic mass is 32.3. The molecule has 0 bridgehead atoms. The van der Waals surface area contributed by atoms with E-state index in [1.807, 2.05) is 0 Å². The van der Waals surface area contributed by atoms with Crippen LogP contribution in [0.15, 0.2) is 48.5 Å². The largest absolute Gasteiger partial charge is 0.507 e. The Kier molecular flexibility index (Phi) is 9.34. The number of ether oxygens (including phenoxy) is 1. The van der Waals surface area contributed by atoms with Crippen molar-refractivity contribution in [3.8, 4) is 11.5 Å². The normalized spacial score (nSPS) is 15.6. The first kappa shape index (κ1) is 28.5. The van der Waals surface area contributed by atoms with Crippen LogP contribution in [0.4, 0.5) is 0 Å². The van der Waals surface area contributed by atoms with Crippen molar-refractivity contribution >= 4 is 39.4 Å². The van der Waals surface area contributed by atoms with Crippen LogP contribution < -0.4 is 20.1 Å². The van der Waals surface area contributed by atoms with E-state index in [2.05, 4.69) is 15.4 Å². The quantitative estimate of drug-likeness (QED) is 0.195. The summed E-state index contributed by atoms with van der Waals surface area (Å²) in [6, 6.07) is 9.86. The number of phenols is 1. The third-order valence-electron chi connectivity index (χ3n) is 5.53. The Morgan fingerprint density at radius 3 is 2.39 bits per heavy atom. The summed E-state index contributed by atoms with van der Waals surface area (Å²) in [7, 11) is -3.40. The molecule has 3 amide bonds. The predicted molar refractivity (Wildman–Crippen MR) is 140 cm³/mol. The van der Waals surface area contributed by atoms with Gasteiger partial charge in [0.25, 0.3) is 5.91 Å². The van der Waals surface area contributed by atoms with E-state index in [1.54, 1.807) is 24.3 Å². The van der Waals surface area contributed by atoms with Gasteiger partial charge in [-0.2, -0.15) is 0 Å². The van der Waals surface area contributed by atoms with Crippen LogP contribution in [-0.2, 0) is 20.8 Å². The molecule has 2 aromatic rings. The van der Waals surface area contributed by atoms with Crippen LogP contribution in [0, 0.1) is 0 Å². The molecule has 13 heteroatoms. The summed E-state index contributed by atoms with van der Waals surface area (Å²) in [6.07, 6.45) is 2.31. The highest BCUT2D eigenvalue weighted by Crippen LogP contribution is 2.52. The molecule has 204 valence electrons. The van der Waals surface area contributed by atoms with Gasteiger partial charge in [-0.3, -0.25) is 23.5 Å². The third-order valence-corrected chi connectivity index (χ3v) is 6.98. The lowest BCUT2D eigenvalue weighted by atomic mass is 10.0. The monoisotopic (exact) mass is 547 g/mol. The first-order valence-corrected chi connectivity index (χ1v) is 13.2. The van der Waals surface area contributed by atoms with Crippen LogP contribution >= 0.6 is 10.8 Å². The van der Waals surface area contributed by atoms with Gasteiger partial charge in [-0.1, -0.05) is 41.1 Å². The average molecular weight is 548 g/mol. The molecule has 0 radical (unpaired) electrons. The molecule has 0 fully saturated rings. The molecule has 1 heterocycles. The van der Waals surface area contributed by atoms with Gasteiger partial charge in [0.1, 0.15) is 23.1 Å². The fourth-order valence-electron chi connectivity index (χ4n) is 3.77. The molecule has 0 aromatic heterocycles. The minimum atomic E-state index is -3.40. The molecule has 0 aliphatic carbocycles. The number of aromatic carboxylic acids is 1. The van der Waals surface area contributed by atoms with Crippen molar-refractivity contribution in [2.24, 2.45) is 0 Å². The molecule has 1 atom stereocenters. The predicted octanol–water partition coefficient (Wildman–Crippen LogP) is 2.25. The van der Waals surface area contributed by atoms with E-state index in [1.165, 1.54) is 25.1 Å². The Morgan fingerprint density at radius 2 is 1.79 bits per heavy atom. The van der Waals surface area contributed by atoms with E-state index in [0.717, 1.165) is 6.08 Å². The van der Waals surface area contributed by atoms with Gasteiger partial charge in [0.15, 0.2) is 0 Å². The van der Waals surface area contributed by atoms with Gasteiger partial charge >= 0.3 is 5.97 Å². The second-order valence-corrected chi connectivity index (χ2v) is 10.2.